The molecule has 0 bridgehead atoms. The average Bonchev–Trinajstić information content (AvgIpc) is 2.59. The predicted octanol–water partition coefficient (Wildman–Crippen LogP) is 3.68. The van der Waals surface area contributed by atoms with Gasteiger partial charge < -0.3 is 10.6 Å². The Bertz CT molecular complexity index is 667. The van der Waals surface area contributed by atoms with Crippen LogP contribution in [0.5, 0.6) is 0 Å². The second-order valence-corrected chi connectivity index (χ2v) is 6.48. The third-order valence-corrected chi connectivity index (χ3v) is 3.95. The van der Waals surface area contributed by atoms with Crippen molar-refractivity contribution in [3.63, 3.8) is 0 Å². The van der Waals surface area contributed by atoms with Gasteiger partial charge in [-0.2, -0.15) is 0 Å². The highest BCUT2D eigenvalue weighted by atomic mass is 19.1. The van der Waals surface area contributed by atoms with E-state index in [1.54, 1.807) is 18.2 Å². The normalized spacial score (nSPS) is 13.7. The molecule has 0 radical (unpaired) electrons. The topological polar surface area (TPSA) is 58.2 Å². The van der Waals surface area contributed by atoms with Gasteiger partial charge in [0.15, 0.2) is 0 Å². The van der Waals surface area contributed by atoms with Crippen molar-refractivity contribution in [2.24, 2.45) is 5.92 Å². The Morgan fingerprint density at radius 2 is 1.85 bits per heavy atom. The Morgan fingerprint density at radius 1 is 1.19 bits per heavy atom. The van der Waals surface area contributed by atoms with Gasteiger partial charge in [0.25, 0.3) is 0 Å². The van der Waals surface area contributed by atoms with Crippen LogP contribution < -0.4 is 10.6 Å². The summed E-state index contributed by atoms with van der Waals surface area (Å²) < 4.78 is 26.8. The van der Waals surface area contributed by atoms with Crippen molar-refractivity contribution in [3.8, 4) is 0 Å². The zero-order chi connectivity index (χ0) is 20.2. The van der Waals surface area contributed by atoms with Crippen molar-refractivity contribution in [1.82, 2.24) is 10.6 Å². The number of nitrogens with one attached hydrogen (secondary N) is 2. The number of rotatable bonds is 10. The third-order valence-electron chi connectivity index (χ3n) is 3.95. The fourth-order valence-electron chi connectivity index (χ4n) is 2.60. The first-order valence-electron chi connectivity index (χ1n) is 9.18. The first kappa shape index (κ1) is 22.5. The Morgan fingerprint density at radius 3 is 2.44 bits per heavy atom. The molecule has 0 aliphatic rings. The van der Waals surface area contributed by atoms with E-state index in [9.17, 15) is 18.4 Å². The van der Waals surface area contributed by atoms with Crippen molar-refractivity contribution in [3.05, 3.63) is 59.7 Å². The molecule has 0 aliphatic carbocycles. The second-order valence-electron chi connectivity index (χ2n) is 6.48. The number of benzene rings is 1. The number of halogens is 2. The van der Waals surface area contributed by atoms with Crippen LogP contribution in [0.2, 0.25) is 0 Å². The monoisotopic (exact) mass is 378 g/mol. The minimum atomic E-state index is -0.935. The fraction of sp³-hybridized carbons (Fsp3) is 0.429. The molecule has 6 heteroatoms. The molecule has 2 N–H and O–H groups in total. The maximum atomic E-state index is 13.4. The molecule has 2 amide bonds. The molecular weight excluding hydrogens is 350 g/mol. The highest BCUT2D eigenvalue weighted by molar-refractivity contribution is 5.93. The molecule has 1 aromatic rings. The Kier molecular flexibility index (Phi) is 10.0. The largest absolute Gasteiger partial charge is 0.351 e. The summed E-state index contributed by atoms with van der Waals surface area (Å²) in [6, 6.07) is 2.14. The molecule has 1 unspecified atom stereocenters. The molecule has 0 aromatic heterocycles. The van der Waals surface area contributed by atoms with Crippen molar-refractivity contribution in [1.29, 1.82) is 0 Å². The van der Waals surface area contributed by atoms with Crippen LogP contribution >= 0.6 is 0 Å². The zero-order valence-corrected chi connectivity index (χ0v) is 16.1. The van der Waals surface area contributed by atoms with E-state index in [4.69, 9.17) is 0 Å². The van der Waals surface area contributed by atoms with Crippen LogP contribution in [0.15, 0.2) is 42.5 Å². The molecule has 0 fully saturated rings. The molecule has 27 heavy (non-hydrogen) atoms. The summed E-state index contributed by atoms with van der Waals surface area (Å²) in [5.74, 6) is -2.03. The first-order valence-corrected chi connectivity index (χ1v) is 9.18. The van der Waals surface area contributed by atoms with Gasteiger partial charge in [-0.1, -0.05) is 38.5 Å². The molecule has 0 saturated carbocycles. The summed E-state index contributed by atoms with van der Waals surface area (Å²) >= 11 is 0. The van der Waals surface area contributed by atoms with Crippen LogP contribution in [0.4, 0.5) is 8.78 Å². The maximum Gasteiger partial charge on any atom is 0.244 e. The fourth-order valence-corrected chi connectivity index (χ4v) is 2.60. The van der Waals surface area contributed by atoms with E-state index >= 15 is 0 Å². The van der Waals surface area contributed by atoms with E-state index < -0.39 is 29.5 Å². The van der Waals surface area contributed by atoms with Gasteiger partial charge in [0.05, 0.1) is 0 Å². The maximum absolute atomic E-state index is 13.4. The van der Waals surface area contributed by atoms with Gasteiger partial charge in [-0.25, -0.2) is 8.78 Å². The standard InChI is InChI=1S/C21H28F2N2O2/c1-4-6-10-24-21(27)19(13-16-11-17(22)14-18(23)12-16)25-20(26)9-8-15(3)7-5-2/h4,6,8-9,11-12,14-15,19H,5,7,10,13H2,1-3H3,(H,24,27)(H,25,26)/b6-4-,9-8+/t15?,19-/m0/s1. The lowest BCUT2D eigenvalue weighted by molar-refractivity contribution is -0.126. The molecule has 0 heterocycles. The number of allylic oxidation sites excluding steroid dienone is 2. The molecule has 0 spiro atoms. The van der Waals surface area contributed by atoms with Crippen molar-refractivity contribution in [2.75, 3.05) is 6.54 Å². The molecule has 2 atom stereocenters. The highest BCUT2D eigenvalue weighted by Crippen LogP contribution is 2.11. The molecule has 148 valence electrons. The predicted molar refractivity (Wildman–Crippen MR) is 103 cm³/mol. The van der Waals surface area contributed by atoms with Crippen LogP contribution in [0, 0.1) is 17.6 Å². The summed E-state index contributed by atoms with van der Waals surface area (Å²) in [5, 5.41) is 5.29. The van der Waals surface area contributed by atoms with Gasteiger partial charge in [0.1, 0.15) is 17.7 Å². The Hall–Kier alpha value is -2.50. The van der Waals surface area contributed by atoms with Crippen LogP contribution in [0.3, 0.4) is 0 Å². The SMILES string of the molecule is C/C=C\CNC(=O)[C@H](Cc1cc(F)cc(F)c1)NC(=O)/C=C/C(C)CCC. The second kappa shape index (κ2) is 12.0. The van der Waals surface area contributed by atoms with Gasteiger partial charge in [0.2, 0.25) is 11.8 Å². The lowest BCUT2D eigenvalue weighted by atomic mass is 10.0. The van der Waals surface area contributed by atoms with Gasteiger partial charge in [0, 0.05) is 19.0 Å². The highest BCUT2D eigenvalue weighted by Gasteiger charge is 2.20. The zero-order valence-electron chi connectivity index (χ0n) is 16.1. The lowest BCUT2D eigenvalue weighted by Gasteiger charge is -2.18. The summed E-state index contributed by atoms with van der Waals surface area (Å²) in [5.41, 5.74) is 0.294. The summed E-state index contributed by atoms with van der Waals surface area (Å²) in [7, 11) is 0. The first-order chi connectivity index (χ1) is 12.8. The number of hydrogen-bond donors (Lipinski definition) is 2. The van der Waals surface area contributed by atoms with Crippen molar-refractivity contribution < 1.29 is 18.4 Å². The number of hydrogen-bond acceptors (Lipinski definition) is 2. The van der Waals surface area contributed by atoms with E-state index in [-0.39, 0.29) is 12.3 Å². The molecule has 0 aliphatic heterocycles. The molecule has 1 rings (SSSR count). The van der Waals surface area contributed by atoms with Gasteiger partial charge >= 0.3 is 0 Å². The van der Waals surface area contributed by atoms with E-state index in [0.29, 0.717) is 12.1 Å². The van der Waals surface area contributed by atoms with Crippen molar-refractivity contribution in [2.45, 2.75) is 46.1 Å². The summed E-state index contributed by atoms with van der Waals surface area (Å²) in [6.45, 7) is 6.20. The van der Waals surface area contributed by atoms with Gasteiger partial charge in [-0.15, -0.1) is 0 Å². The van der Waals surface area contributed by atoms with Gasteiger partial charge in [-0.3, -0.25) is 9.59 Å². The van der Waals surface area contributed by atoms with Gasteiger partial charge in [-0.05, 0) is 43.0 Å². The van der Waals surface area contributed by atoms with Crippen LogP contribution in [0.25, 0.3) is 0 Å². The summed E-state index contributed by atoms with van der Waals surface area (Å²) in [4.78, 5) is 24.6. The van der Waals surface area contributed by atoms with Crippen LogP contribution in [0.1, 0.15) is 39.2 Å². The number of amides is 2. The lowest BCUT2D eigenvalue weighted by Crippen LogP contribution is -2.47. The Balaban J connectivity index is 2.86. The molecule has 0 saturated heterocycles. The van der Waals surface area contributed by atoms with Crippen molar-refractivity contribution >= 4 is 11.8 Å². The van der Waals surface area contributed by atoms with E-state index in [0.717, 1.165) is 31.0 Å². The van der Waals surface area contributed by atoms with E-state index in [2.05, 4.69) is 17.6 Å². The molecule has 1 aromatic carbocycles. The van der Waals surface area contributed by atoms with E-state index in [1.807, 2.05) is 13.8 Å². The molecular formula is C21H28F2N2O2. The third kappa shape index (κ3) is 9.13. The minimum absolute atomic E-state index is 0.0134. The van der Waals surface area contributed by atoms with E-state index in [1.165, 1.54) is 6.08 Å². The number of carbonyl (C=O) groups is 2. The Labute approximate surface area is 159 Å². The number of carbonyl (C=O) groups excluding carboxylic acids is 2. The average molecular weight is 378 g/mol. The minimum Gasteiger partial charge on any atom is -0.351 e. The summed E-state index contributed by atoms with van der Waals surface area (Å²) in [6.07, 6.45) is 8.68. The van der Waals surface area contributed by atoms with Crippen LogP contribution in [-0.4, -0.2) is 24.4 Å². The van der Waals surface area contributed by atoms with Crippen LogP contribution in [-0.2, 0) is 16.0 Å². The molecule has 4 nitrogen and oxygen atoms in total. The smallest absolute Gasteiger partial charge is 0.244 e. The quantitative estimate of drug-likeness (QED) is 0.482.